The van der Waals surface area contributed by atoms with Gasteiger partial charge < -0.3 is 5.32 Å². The minimum Gasteiger partial charge on any atom is -0.313 e. The third kappa shape index (κ3) is 3.21. The van der Waals surface area contributed by atoms with Crippen LogP contribution in [0.15, 0.2) is 28.7 Å². The number of benzene rings is 1. The third-order valence-corrected chi connectivity index (χ3v) is 4.32. The number of halogens is 1. The molecule has 0 aromatic heterocycles. The molecule has 1 heterocycles. The summed E-state index contributed by atoms with van der Waals surface area (Å²) < 4.78 is 0.963. The number of piperidine rings is 1. The zero-order valence-corrected chi connectivity index (χ0v) is 12.5. The second-order valence-corrected chi connectivity index (χ2v) is 6.27. The highest BCUT2D eigenvalue weighted by molar-refractivity contribution is 9.10. The van der Waals surface area contributed by atoms with Gasteiger partial charge in [-0.25, -0.2) is 0 Å². The summed E-state index contributed by atoms with van der Waals surface area (Å²) in [4.78, 5) is 12.4. The molecular weight excluding hydrogens is 290 g/mol. The van der Waals surface area contributed by atoms with Gasteiger partial charge in [0, 0.05) is 22.0 Å². The highest BCUT2D eigenvalue weighted by atomic mass is 79.9. The number of carbonyl (C=O) groups excluding carboxylic acids is 1. The zero-order chi connectivity index (χ0) is 13.1. The van der Waals surface area contributed by atoms with Crippen molar-refractivity contribution in [1.82, 2.24) is 5.32 Å². The molecule has 98 valence electrons. The molecule has 0 radical (unpaired) electrons. The summed E-state index contributed by atoms with van der Waals surface area (Å²) in [5.74, 6) is 0.999. The first-order valence-corrected chi connectivity index (χ1v) is 7.40. The van der Waals surface area contributed by atoms with Crippen molar-refractivity contribution in [1.29, 1.82) is 0 Å². The van der Waals surface area contributed by atoms with E-state index in [0.29, 0.717) is 12.0 Å². The van der Waals surface area contributed by atoms with Crippen molar-refractivity contribution in [3.8, 4) is 0 Å². The molecule has 0 aliphatic carbocycles. The van der Waals surface area contributed by atoms with Crippen molar-refractivity contribution in [3.63, 3.8) is 0 Å². The van der Waals surface area contributed by atoms with Gasteiger partial charge in [-0.2, -0.15) is 0 Å². The Balaban J connectivity index is 2.08. The molecule has 0 spiro atoms. The van der Waals surface area contributed by atoms with Gasteiger partial charge in [0.25, 0.3) is 0 Å². The van der Waals surface area contributed by atoms with Gasteiger partial charge in [0.2, 0.25) is 0 Å². The van der Waals surface area contributed by atoms with Crippen molar-refractivity contribution >= 4 is 21.7 Å². The van der Waals surface area contributed by atoms with E-state index in [1.165, 1.54) is 6.42 Å². The highest BCUT2D eigenvalue weighted by Gasteiger charge is 2.28. The largest absolute Gasteiger partial charge is 0.313 e. The van der Waals surface area contributed by atoms with Gasteiger partial charge in [-0.05, 0) is 37.4 Å². The Labute approximate surface area is 117 Å². The fraction of sp³-hybridized carbons (Fsp3) is 0.533. The first kappa shape index (κ1) is 13.8. The summed E-state index contributed by atoms with van der Waals surface area (Å²) in [5, 5.41) is 3.48. The molecule has 18 heavy (non-hydrogen) atoms. The monoisotopic (exact) mass is 309 g/mol. The minimum absolute atomic E-state index is 0.0436. The lowest BCUT2D eigenvalue weighted by atomic mass is 9.84. The zero-order valence-electron chi connectivity index (χ0n) is 10.9. The van der Waals surface area contributed by atoms with Gasteiger partial charge in [-0.3, -0.25) is 4.79 Å². The Bertz CT molecular complexity index is 432. The van der Waals surface area contributed by atoms with E-state index >= 15 is 0 Å². The van der Waals surface area contributed by atoms with E-state index in [4.69, 9.17) is 0 Å². The topological polar surface area (TPSA) is 29.1 Å². The summed E-state index contributed by atoms with van der Waals surface area (Å²) in [6.45, 7) is 5.34. The van der Waals surface area contributed by atoms with Crippen LogP contribution in [0.3, 0.4) is 0 Å². The summed E-state index contributed by atoms with van der Waals surface area (Å²) in [5.41, 5.74) is 0.803. The number of hydrogen-bond acceptors (Lipinski definition) is 2. The first-order chi connectivity index (χ1) is 8.58. The number of carbonyl (C=O) groups is 1. The van der Waals surface area contributed by atoms with E-state index in [2.05, 4.69) is 28.2 Å². The van der Waals surface area contributed by atoms with Crippen LogP contribution in [0.1, 0.15) is 37.0 Å². The summed E-state index contributed by atoms with van der Waals surface area (Å²) in [7, 11) is 0. The van der Waals surface area contributed by atoms with Crippen LogP contribution in [0.2, 0.25) is 0 Å². The summed E-state index contributed by atoms with van der Waals surface area (Å²) in [6, 6.07) is 7.99. The normalized spacial score (nSPS) is 25.7. The van der Waals surface area contributed by atoms with Crippen LogP contribution < -0.4 is 5.32 Å². The van der Waals surface area contributed by atoms with E-state index < -0.39 is 0 Å². The highest BCUT2D eigenvalue weighted by Crippen LogP contribution is 2.23. The summed E-state index contributed by atoms with van der Waals surface area (Å²) in [6.07, 6.45) is 2.31. The molecular formula is C15H20BrNO. The van der Waals surface area contributed by atoms with Gasteiger partial charge in [0.05, 0.1) is 0 Å². The molecule has 3 heteroatoms. The SMILES string of the molecule is CC1CCNC(C(C)C(=O)c2cccc(Br)c2)C1. The maximum Gasteiger partial charge on any atom is 0.167 e. The molecule has 1 saturated heterocycles. The van der Waals surface area contributed by atoms with Crippen LogP contribution in [0.5, 0.6) is 0 Å². The Kier molecular flexibility index (Phi) is 4.57. The Morgan fingerprint density at radius 1 is 1.50 bits per heavy atom. The number of rotatable bonds is 3. The van der Waals surface area contributed by atoms with Crippen molar-refractivity contribution in [2.75, 3.05) is 6.54 Å². The molecule has 1 fully saturated rings. The van der Waals surface area contributed by atoms with Gasteiger partial charge in [0.1, 0.15) is 0 Å². The minimum atomic E-state index is 0.0436. The van der Waals surface area contributed by atoms with Gasteiger partial charge in [0.15, 0.2) is 5.78 Å². The second kappa shape index (κ2) is 5.98. The molecule has 3 atom stereocenters. The molecule has 1 aliphatic heterocycles. The third-order valence-electron chi connectivity index (χ3n) is 3.83. The van der Waals surface area contributed by atoms with Crippen molar-refractivity contribution < 1.29 is 4.79 Å². The Hall–Kier alpha value is -0.670. The van der Waals surface area contributed by atoms with Crippen LogP contribution in [-0.2, 0) is 0 Å². The maximum atomic E-state index is 12.4. The number of ketones is 1. The molecule has 1 aliphatic rings. The lowest BCUT2D eigenvalue weighted by molar-refractivity contribution is 0.0882. The standard InChI is InChI=1S/C15H20BrNO/c1-10-6-7-17-14(8-10)11(2)15(18)12-4-3-5-13(16)9-12/h3-5,9-11,14,17H,6-8H2,1-2H3. The number of hydrogen-bond donors (Lipinski definition) is 1. The van der Waals surface area contributed by atoms with Crippen LogP contribution in [-0.4, -0.2) is 18.4 Å². The number of nitrogens with one attached hydrogen (secondary N) is 1. The predicted molar refractivity (Wildman–Crippen MR) is 77.8 cm³/mol. The fourth-order valence-corrected chi connectivity index (χ4v) is 3.02. The van der Waals surface area contributed by atoms with E-state index in [9.17, 15) is 4.79 Å². The van der Waals surface area contributed by atoms with Gasteiger partial charge in [-0.1, -0.05) is 41.9 Å². The predicted octanol–water partition coefficient (Wildman–Crippen LogP) is 3.66. The van der Waals surface area contributed by atoms with Gasteiger partial charge in [-0.15, -0.1) is 0 Å². The molecule has 0 amide bonds. The molecule has 2 rings (SSSR count). The van der Waals surface area contributed by atoms with E-state index in [1.54, 1.807) is 0 Å². The molecule has 0 bridgehead atoms. The fourth-order valence-electron chi connectivity index (χ4n) is 2.62. The lowest BCUT2D eigenvalue weighted by Gasteiger charge is -2.32. The van der Waals surface area contributed by atoms with Crippen LogP contribution >= 0.6 is 15.9 Å². The molecule has 1 aromatic rings. The van der Waals surface area contributed by atoms with Crippen molar-refractivity contribution in [3.05, 3.63) is 34.3 Å². The summed E-state index contributed by atoms with van der Waals surface area (Å²) >= 11 is 3.42. The molecule has 2 nitrogen and oxygen atoms in total. The molecule has 3 unspecified atom stereocenters. The smallest absolute Gasteiger partial charge is 0.167 e. The first-order valence-electron chi connectivity index (χ1n) is 6.61. The van der Waals surface area contributed by atoms with Crippen molar-refractivity contribution in [2.24, 2.45) is 11.8 Å². The average molecular weight is 310 g/mol. The van der Waals surface area contributed by atoms with Crippen LogP contribution in [0.4, 0.5) is 0 Å². The number of Topliss-reactive ketones (excluding diaryl/α,β-unsaturated/α-hetero) is 1. The Morgan fingerprint density at radius 3 is 2.94 bits per heavy atom. The maximum absolute atomic E-state index is 12.4. The molecule has 0 saturated carbocycles. The average Bonchev–Trinajstić information content (AvgIpc) is 2.37. The van der Waals surface area contributed by atoms with Gasteiger partial charge >= 0.3 is 0 Å². The van der Waals surface area contributed by atoms with E-state index in [0.717, 1.165) is 23.0 Å². The second-order valence-electron chi connectivity index (χ2n) is 5.35. The Morgan fingerprint density at radius 2 is 2.28 bits per heavy atom. The van der Waals surface area contributed by atoms with Crippen LogP contribution in [0.25, 0.3) is 0 Å². The van der Waals surface area contributed by atoms with E-state index in [1.807, 2.05) is 31.2 Å². The molecule has 1 aromatic carbocycles. The van der Waals surface area contributed by atoms with Crippen LogP contribution in [0, 0.1) is 11.8 Å². The lowest BCUT2D eigenvalue weighted by Crippen LogP contribution is -2.44. The quantitative estimate of drug-likeness (QED) is 0.863. The van der Waals surface area contributed by atoms with E-state index in [-0.39, 0.29) is 11.7 Å². The molecule has 1 N–H and O–H groups in total. The van der Waals surface area contributed by atoms with Crippen molar-refractivity contribution in [2.45, 2.75) is 32.7 Å².